The Balaban J connectivity index is 1.27. The molecule has 2 heterocycles. The number of ether oxygens (including phenoxy) is 1. The second kappa shape index (κ2) is 10.4. The van der Waals surface area contributed by atoms with Gasteiger partial charge in [-0.1, -0.05) is 53.4 Å². The number of thiocarbonyl (C=S) groups is 1. The van der Waals surface area contributed by atoms with Crippen molar-refractivity contribution in [2.45, 2.75) is 0 Å². The van der Waals surface area contributed by atoms with E-state index in [4.69, 9.17) is 17.0 Å². The average Bonchev–Trinajstić information content (AvgIpc) is 3.40. The van der Waals surface area contributed by atoms with E-state index in [2.05, 4.69) is 15.7 Å². The summed E-state index contributed by atoms with van der Waals surface area (Å²) in [7, 11) is 0. The van der Waals surface area contributed by atoms with Gasteiger partial charge in [-0.25, -0.2) is 9.37 Å². The zero-order chi connectivity index (χ0) is 25.1. The van der Waals surface area contributed by atoms with Crippen molar-refractivity contribution in [3.8, 4) is 5.75 Å². The lowest BCUT2D eigenvalue weighted by atomic mass is 10.2. The van der Waals surface area contributed by atoms with Crippen LogP contribution in [0.15, 0.2) is 77.7 Å². The van der Waals surface area contributed by atoms with Crippen LogP contribution in [0.4, 0.5) is 15.2 Å². The van der Waals surface area contributed by atoms with Gasteiger partial charge in [0.15, 0.2) is 10.9 Å². The van der Waals surface area contributed by atoms with Crippen LogP contribution in [0.1, 0.15) is 5.56 Å². The zero-order valence-corrected chi connectivity index (χ0v) is 20.9. The Morgan fingerprint density at radius 1 is 1.08 bits per heavy atom. The summed E-state index contributed by atoms with van der Waals surface area (Å²) >= 11 is 8.00. The Bertz CT molecular complexity index is 1470. The van der Waals surface area contributed by atoms with Crippen LogP contribution >= 0.6 is 35.3 Å². The summed E-state index contributed by atoms with van der Waals surface area (Å²) in [4.78, 5) is 30.2. The maximum Gasteiger partial charge on any atom is 0.285 e. The molecule has 1 fully saturated rings. The van der Waals surface area contributed by atoms with Gasteiger partial charge in [0.25, 0.3) is 11.8 Å². The van der Waals surface area contributed by atoms with E-state index in [1.165, 1.54) is 40.6 Å². The van der Waals surface area contributed by atoms with E-state index >= 15 is 0 Å². The lowest BCUT2D eigenvalue weighted by molar-refractivity contribution is -0.121. The number of fused-ring (bicyclic) bond motifs is 1. The first-order valence-corrected chi connectivity index (χ1v) is 12.7. The molecule has 1 aromatic heterocycles. The predicted molar refractivity (Wildman–Crippen MR) is 145 cm³/mol. The first-order valence-electron chi connectivity index (χ1n) is 10.6. The molecule has 36 heavy (non-hydrogen) atoms. The minimum Gasteiger partial charge on any atom is -0.483 e. The molecule has 1 saturated heterocycles. The number of thioether (sulfide) groups is 1. The van der Waals surface area contributed by atoms with E-state index in [1.807, 2.05) is 24.3 Å². The largest absolute Gasteiger partial charge is 0.483 e. The summed E-state index contributed by atoms with van der Waals surface area (Å²) in [5.74, 6) is -0.675. The third kappa shape index (κ3) is 5.38. The van der Waals surface area contributed by atoms with Crippen molar-refractivity contribution in [2.75, 3.05) is 17.3 Å². The molecule has 0 atom stereocenters. The van der Waals surface area contributed by atoms with Crippen molar-refractivity contribution in [3.63, 3.8) is 0 Å². The van der Waals surface area contributed by atoms with Crippen molar-refractivity contribution >= 4 is 78.6 Å². The Kier molecular flexibility index (Phi) is 6.94. The quantitative estimate of drug-likeness (QED) is 0.232. The van der Waals surface area contributed by atoms with Gasteiger partial charge in [0.1, 0.15) is 11.6 Å². The van der Waals surface area contributed by atoms with Gasteiger partial charge in [0, 0.05) is 11.3 Å². The van der Waals surface area contributed by atoms with Gasteiger partial charge in [-0.2, -0.15) is 5.01 Å². The molecule has 7 nitrogen and oxygen atoms in total. The monoisotopic (exact) mass is 536 g/mol. The molecule has 2 amide bonds. The highest BCUT2D eigenvalue weighted by molar-refractivity contribution is 8.26. The number of amides is 2. The highest BCUT2D eigenvalue weighted by Crippen LogP contribution is 2.35. The molecule has 5 rings (SSSR count). The molecule has 1 aliphatic rings. The molecule has 11 heteroatoms. The number of benzene rings is 3. The van der Waals surface area contributed by atoms with Crippen molar-refractivity contribution in [2.24, 2.45) is 0 Å². The Hall–Kier alpha value is -3.80. The molecule has 0 saturated carbocycles. The molecule has 180 valence electrons. The summed E-state index contributed by atoms with van der Waals surface area (Å²) < 4.78 is 20.1. The van der Waals surface area contributed by atoms with Crippen molar-refractivity contribution in [1.29, 1.82) is 0 Å². The zero-order valence-electron chi connectivity index (χ0n) is 18.4. The average molecular weight is 537 g/mol. The molecule has 1 aliphatic heterocycles. The fourth-order valence-corrected chi connectivity index (χ4v) is 5.35. The Morgan fingerprint density at radius 2 is 1.83 bits per heavy atom. The number of aromatic nitrogens is 1. The number of carbonyl (C=O) groups excluding carboxylic acids is 2. The topological polar surface area (TPSA) is 83.6 Å². The van der Waals surface area contributed by atoms with E-state index < -0.39 is 5.91 Å². The molecular formula is C25H17FN4O3S3. The van der Waals surface area contributed by atoms with E-state index in [0.29, 0.717) is 31.4 Å². The maximum atomic E-state index is 13.1. The van der Waals surface area contributed by atoms with Crippen molar-refractivity contribution in [1.82, 2.24) is 9.99 Å². The van der Waals surface area contributed by atoms with Gasteiger partial charge in [-0.3, -0.25) is 15.0 Å². The smallest absolute Gasteiger partial charge is 0.285 e. The lowest BCUT2D eigenvalue weighted by Gasteiger charge is -2.14. The van der Waals surface area contributed by atoms with Gasteiger partial charge in [0.2, 0.25) is 5.13 Å². The van der Waals surface area contributed by atoms with Gasteiger partial charge in [-0.05, 0) is 60.8 Å². The van der Waals surface area contributed by atoms with Crippen molar-refractivity contribution in [3.05, 3.63) is 89.1 Å². The first-order chi connectivity index (χ1) is 17.5. The Labute approximate surface area is 218 Å². The summed E-state index contributed by atoms with van der Waals surface area (Å²) in [5.41, 5.74) is 4.92. The normalized spacial score (nSPS) is 14.5. The lowest BCUT2D eigenvalue weighted by Crippen LogP contribution is -2.33. The van der Waals surface area contributed by atoms with Crippen LogP contribution in [-0.4, -0.2) is 32.7 Å². The van der Waals surface area contributed by atoms with Crippen LogP contribution in [-0.2, 0) is 9.59 Å². The summed E-state index contributed by atoms with van der Waals surface area (Å²) in [5, 5.41) is 4.50. The van der Waals surface area contributed by atoms with Gasteiger partial charge >= 0.3 is 0 Å². The second-order valence-corrected chi connectivity index (χ2v) is 10.2. The molecular weight excluding hydrogens is 519 g/mol. The second-order valence-electron chi connectivity index (χ2n) is 7.50. The number of para-hydroxylation sites is 2. The highest BCUT2D eigenvalue weighted by Gasteiger charge is 2.33. The molecule has 4 aromatic rings. The number of anilines is 2. The van der Waals surface area contributed by atoms with E-state index in [-0.39, 0.29) is 18.3 Å². The van der Waals surface area contributed by atoms with Crippen LogP contribution in [0, 0.1) is 5.82 Å². The van der Waals surface area contributed by atoms with Crippen LogP contribution in [0.2, 0.25) is 0 Å². The number of hydrogen-bond acceptors (Lipinski definition) is 8. The SMILES string of the molecule is O=C(COc1ccccc1/C=C1\SC(=S)N(Nc2nc3ccccc3s2)C1=O)Nc1ccc(F)cc1. The number of hydrazine groups is 1. The number of halogens is 1. The number of nitrogens with zero attached hydrogens (tertiary/aromatic N) is 2. The van der Waals surface area contributed by atoms with E-state index in [1.54, 1.807) is 30.3 Å². The number of nitrogens with one attached hydrogen (secondary N) is 2. The third-order valence-corrected chi connectivity index (χ3v) is 7.23. The minimum absolute atomic E-state index is 0.262. The fraction of sp³-hybridized carbons (Fsp3) is 0.0400. The number of carbonyl (C=O) groups is 2. The molecule has 0 spiro atoms. The van der Waals surface area contributed by atoms with Gasteiger partial charge in [-0.15, -0.1) is 0 Å². The minimum atomic E-state index is -0.400. The standard InChI is InChI=1S/C25H17FN4O3S3/c26-16-9-11-17(12-10-16)27-22(31)14-33-19-7-3-1-5-15(19)13-21-23(32)30(25(34)36-21)29-24-28-18-6-2-4-8-20(18)35-24/h1-13H,14H2,(H,27,31)(H,28,29)/b21-13-. The molecule has 3 aromatic carbocycles. The molecule has 0 aliphatic carbocycles. The number of rotatable bonds is 7. The molecule has 2 N–H and O–H groups in total. The summed E-state index contributed by atoms with van der Waals surface area (Å²) in [6.07, 6.45) is 1.67. The molecule has 0 bridgehead atoms. The van der Waals surface area contributed by atoms with E-state index in [9.17, 15) is 14.0 Å². The molecule has 0 unspecified atom stereocenters. The molecule has 0 radical (unpaired) electrons. The third-order valence-electron chi connectivity index (χ3n) is 4.99. The Morgan fingerprint density at radius 3 is 2.64 bits per heavy atom. The van der Waals surface area contributed by atoms with Gasteiger partial charge < -0.3 is 10.1 Å². The van der Waals surface area contributed by atoms with Crippen LogP contribution in [0.3, 0.4) is 0 Å². The summed E-state index contributed by atoms with van der Waals surface area (Å²) in [6, 6.07) is 20.2. The van der Waals surface area contributed by atoms with Crippen molar-refractivity contribution < 1.29 is 18.7 Å². The number of hydrogen-bond donors (Lipinski definition) is 2. The first kappa shape index (κ1) is 23.9. The number of thiazole rings is 1. The van der Waals surface area contributed by atoms with Crippen LogP contribution < -0.4 is 15.5 Å². The fourth-order valence-electron chi connectivity index (χ4n) is 3.33. The van der Waals surface area contributed by atoms with Crippen LogP contribution in [0.25, 0.3) is 16.3 Å². The van der Waals surface area contributed by atoms with Gasteiger partial charge in [0.05, 0.1) is 15.1 Å². The van der Waals surface area contributed by atoms with E-state index in [0.717, 1.165) is 22.0 Å². The summed E-state index contributed by atoms with van der Waals surface area (Å²) in [6.45, 7) is -0.262. The maximum absolute atomic E-state index is 13.1. The predicted octanol–water partition coefficient (Wildman–Crippen LogP) is 5.68. The van der Waals surface area contributed by atoms with Crippen LogP contribution in [0.5, 0.6) is 5.75 Å². The highest BCUT2D eigenvalue weighted by atomic mass is 32.2.